The maximum absolute atomic E-state index is 12.2. The van der Waals surface area contributed by atoms with E-state index in [-0.39, 0.29) is 19.6 Å². The second kappa shape index (κ2) is 7.65. The molecule has 0 unspecified atom stereocenters. The summed E-state index contributed by atoms with van der Waals surface area (Å²) >= 11 is 0. The van der Waals surface area contributed by atoms with Crippen molar-refractivity contribution in [3.05, 3.63) is 35.9 Å². The van der Waals surface area contributed by atoms with Crippen LogP contribution in [0.5, 0.6) is 0 Å². The predicted octanol–water partition coefficient (Wildman–Crippen LogP) is 1.74. The van der Waals surface area contributed by atoms with Gasteiger partial charge < -0.3 is 14.2 Å². The molecule has 0 aliphatic carbocycles. The number of hydrogen-bond donors (Lipinski definition) is 0. The molecule has 0 N–H and O–H groups in total. The second-order valence-electron chi connectivity index (χ2n) is 4.13. The van der Waals surface area contributed by atoms with E-state index in [2.05, 4.69) is 0 Å². The van der Waals surface area contributed by atoms with Gasteiger partial charge in [-0.1, -0.05) is 30.3 Å². The summed E-state index contributed by atoms with van der Waals surface area (Å²) in [6, 6.07) is 9.13. The van der Waals surface area contributed by atoms with Gasteiger partial charge in [-0.2, -0.15) is 0 Å². The molecule has 0 atom stereocenters. The van der Waals surface area contributed by atoms with Crippen molar-refractivity contribution in [3.63, 3.8) is 0 Å². The minimum Gasteiger partial charge on any atom is -0.463 e. The summed E-state index contributed by atoms with van der Waals surface area (Å²) < 4.78 is 15.2. The Morgan fingerprint density at radius 2 is 1.50 bits per heavy atom. The summed E-state index contributed by atoms with van der Waals surface area (Å²) in [6.45, 7) is 3.67. The molecule has 0 fully saturated rings. The number of carbonyl (C=O) groups is 2. The molecule has 5 nitrogen and oxygen atoms in total. The minimum absolute atomic E-state index is 0.0714. The quantitative estimate of drug-likeness (QED) is 0.562. The van der Waals surface area contributed by atoms with Gasteiger partial charge in [-0.25, -0.2) is 9.59 Å². The van der Waals surface area contributed by atoms with E-state index >= 15 is 0 Å². The van der Waals surface area contributed by atoms with Crippen LogP contribution in [0.25, 0.3) is 0 Å². The van der Waals surface area contributed by atoms with Crippen LogP contribution in [-0.4, -0.2) is 37.9 Å². The van der Waals surface area contributed by atoms with Gasteiger partial charge in [0, 0.05) is 13.5 Å². The summed E-state index contributed by atoms with van der Waals surface area (Å²) in [7, 11) is 1.30. The van der Waals surface area contributed by atoms with Gasteiger partial charge in [0.2, 0.25) is 0 Å². The number of ether oxygens (including phenoxy) is 3. The van der Waals surface area contributed by atoms with E-state index in [1.165, 1.54) is 7.11 Å². The van der Waals surface area contributed by atoms with Crippen LogP contribution in [0.3, 0.4) is 0 Å². The van der Waals surface area contributed by atoms with Gasteiger partial charge >= 0.3 is 11.9 Å². The molecule has 110 valence electrons. The fourth-order valence-corrected chi connectivity index (χ4v) is 1.85. The average Bonchev–Trinajstić information content (AvgIpc) is 2.46. The van der Waals surface area contributed by atoms with Gasteiger partial charge in [-0.05, 0) is 19.4 Å². The lowest BCUT2D eigenvalue weighted by Crippen LogP contribution is -2.52. The highest BCUT2D eigenvalue weighted by atomic mass is 16.6. The first-order valence-corrected chi connectivity index (χ1v) is 6.54. The van der Waals surface area contributed by atoms with Crippen LogP contribution < -0.4 is 0 Å². The highest BCUT2D eigenvalue weighted by Gasteiger charge is 2.49. The lowest BCUT2D eigenvalue weighted by Gasteiger charge is -2.27. The summed E-state index contributed by atoms with van der Waals surface area (Å²) in [5.74, 6) is -1.46. The highest BCUT2D eigenvalue weighted by Crippen LogP contribution is 2.22. The van der Waals surface area contributed by atoms with Gasteiger partial charge in [-0.3, -0.25) is 0 Å². The number of carbonyl (C=O) groups excluding carboxylic acids is 2. The first-order chi connectivity index (χ1) is 9.60. The molecule has 5 heteroatoms. The first-order valence-electron chi connectivity index (χ1n) is 6.54. The first kappa shape index (κ1) is 16.2. The molecule has 0 radical (unpaired) electrons. The number of rotatable bonds is 7. The second-order valence-corrected chi connectivity index (χ2v) is 4.13. The third-order valence-corrected chi connectivity index (χ3v) is 2.85. The topological polar surface area (TPSA) is 61.8 Å². The molecular formula is C15H20O5. The maximum atomic E-state index is 12.2. The molecule has 1 aromatic carbocycles. The number of esters is 2. The van der Waals surface area contributed by atoms with Gasteiger partial charge in [0.05, 0.1) is 13.2 Å². The molecule has 0 bridgehead atoms. The molecule has 1 aromatic rings. The summed E-state index contributed by atoms with van der Waals surface area (Å²) in [5.41, 5.74) is -0.969. The van der Waals surface area contributed by atoms with E-state index in [4.69, 9.17) is 14.2 Å². The van der Waals surface area contributed by atoms with Crippen LogP contribution in [0, 0.1) is 0 Å². The van der Waals surface area contributed by atoms with Crippen molar-refractivity contribution in [1.29, 1.82) is 0 Å². The van der Waals surface area contributed by atoms with E-state index in [9.17, 15) is 9.59 Å². The van der Waals surface area contributed by atoms with Crippen molar-refractivity contribution in [3.8, 4) is 0 Å². The molecule has 0 spiro atoms. The Labute approximate surface area is 118 Å². The molecule has 0 aromatic heterocycles. The van der Waals surface area contributed by atoms with E-state index in [0.717, 1.165) is 5.56 Å². The van der Waals surface area contributed by atoms with Crippen LogP contribution in [0.1, 0.15) is 19.4 Å². The third-order valence-electron chi connectivity index (χ3n) is 2.85. The standard InChI is InChI=1S/C15H20O5/c1-4-19-13(16)15(18-3,14(17)20-5-2)11-12-9-7-6-8-10-12/h6-10H,4-5,11H2,1-3H3. The van der Waals surface area contributed by atoms with Crippen molar-refractivity contribution >= 4 is 11.9 Å². The lowest BCUT2D eigenvalue weighted by atomic mass is 9.94. The Kier molecular flexibility index (Phi) is 6.18. The van der Waals surface area contributed by atoms with E-state index in [0.29, 0.717) is 0 Å². The fraction of sp³-hybridized carbons (Fsp3) is 0.467. The largest absolute Gasteiger partial charge is 0.463 e. The Hall–Kier alpha value is -1.88. The number of hydrogen-bond acceptors (Lipinski definition) is 5. The summed E-state index contributed by atoms with van der Waals surface area (Å²) in [4.78, 5) is 24.3. The molecule has 0 saturated carbocycles. The summed E-state index contributed by atoms with van der Waals surface area (Å²) in [6.07, 6.45) is 0.0714. The van der Waals surface area contributed by atoms with Crippen LogP contribution in [-0.2, 0) is 30.2 Å². The van der Waals surface area contributed by atoms with Crippen LogP contribution in [0.15, 0.2) is 30.3 Å². The lowest BCUT2D eigenvalue weighted by molar-refractivity contribution is -0.187. The van der Waals surface area contributed by atoms with Crippen molar-refractivity contribution in [1.82, 2.24) is 0 Å². The predicted molar refractivity (Wildman–Crippen MR) is 73.2 cm³/mol. The molecule has 0 saturated heterocycles. The fourth-order valence-electron chi connectivity index (χ4n) is 1.85. The maximum Gasteiger partial charge on any atom is 0.350 e. The molecule has 20 heavy (non-hydrogen) atoms. The zero-order valence-corrected chi connectivity index (χ0v) is 12.0. The highest BCUT2D eigenvalue weighted by molar-refractivity contribution is 6.04. The SMILES string of the molecule is CCOC(=O)C(Cc1ccccc1)(OC)C(=O)OCC. The molecule has 0 heterocycles. The van der Waals surface area contributed by atoms with Crippen LogP contribution in [0.2, 0.25) is 0 Å². The minimum atomic E-state index is -1.76. The van der Waals surface area contributed by atoms with Gasteiger partial charge in [0.1, 0.15) is 0 Å². The zero-order chi connectivity index (χ0) is 15.0. The molecule has 0 aliphatic heterocycles. The summed E-state index contributed by atoms with van der Waals surface area (Å²) in [5, 5.41) is 0. The van der Waals surface area contributed by atoms with Gasteiger partial charge in [0.15, 0.2) is 0 Å². The van der Waals surface area contributed by atoms with Crippen LogP contribution >= 0.6 is 0 Å². The van der Waals surface area contributed by atoms with Gasteiger partial charge in [0.25, 0.3) is 5.60 Å². The van der Waals surface area contributed by atoms with Crippen molar-refractivity contribution in [2.24, 2.45) is 0 Å². The van der Waals surface area contributed by atoms with Crippen molar-refractivity contribution in [2.45, 2.75) is 25.9 Å². The van der Waals surface area contributed by atoms with Crippen LogP contribution in [0.4, 0.5) is 0 Å². The Bertz CT molecular complexity index is 423. The number of benzene rings is 1. The molecular weight excluding hydrogens is 260 g/mol. The normalized spacial score (nSPS) is 10.9. The van der Waals surface area contributed by atoms with Gasteiger partial charge in [-0.15, -0.1) is 0 Å². The monoisotopic (exact) mass is 280 g/mol. The molecule has 0 aliphatic rings. The molecule has 0 amide bonds. The third kappa shape index (κ3) is 3.57. The Balaban J connectivity index is 3.10. The van der Waals surface area contributed by atoms with E-state index in [1.54, 1.807) is 13.8 Å². The smallest absolute Gasteiger partial charge is 0.350 e. The Morgan fingerprint density at radius 1 is 1.00 bits per heavy atom. The average molecular weight is 280 g/mol. The zero-order valence-electron chi connectivity index (χ0n) is 12.0. The number of methoxy groups -OCH3 is 1. The van der Waals surface area contributed by atoms with Crippen molar-refractivity contribution in [2.75, 3.05) is 20.3 Å². The Morgan fingerprint density at radius 3 is 1.90 bits per heavy atom. The van der Waals surface area contributed by atoms with E-state index in [1.807, 2.05) is 30.3 Å². The molecule has 1 rings (SSSR count). The van der Waals surface area contributed by atoms with Crippen molar-refractivity contribution < 1.29 is 23.8 Å². The van der Waals surface area contributed by atoms with E-state index < -0.39 is 17.5 Å².